The summed E-state index contributed by atoms with van der Waals surface area (Å²) in [6.07, 6.45) is -0.460. The average Bonchev–Trinajstić information content (AvgIpc) is 3.17. The summed E-state index contributed by atoms with van der Waals surface area (Å²) in [6.45, 7) is 1.20. The maximum absolute atomic E-state index is 12.6. The summed E-state index contributed by atoms with van der Waals surface area (Å²) in [5.74, 6) is -0.999. The fraction of sp³-hybridized carbons (Fsp3) is 0.308. The van der Waals surface area contributed by atoms with Crippen molar-refractivity contribution in [2.24, 2.45) is 17.8 Å². The minimum Gasteiger partial charge on any atom is -0.481 e. The summed E-state index contributed by atoms with van der Waals surface area (Å²) in [4.78, 5) is 42.2. The van der Waals surface area contributed by atoms with E-state index in [-0.39, 0.29) is 42.6 Å². The highest BCUT2D eigenvalue weighted by atomic mass is 32.1. The van der Waals surface area contributed by atoms with Crippen molar-refractivity contribution in [1.82, 2.24) is 9.88 Å². The lowest BCUT2D eigenvalue weighted by atomic mass is 9.98. The molecule has 2 N–H and O–H groups in total. The highest BCUT2D eigenvalue weighted by molar-refractivity contribution is 7.13. The third kappa shape index (κ3) is 3.95. The Kier molecular flexibility index (Phi) is 5.29. The molecule has 6 rings (SSSR count). The number of thiazole rings is 1. The zero-order chi connectivity index (χ0) is 24.1. The number of aliphatic carboxylic acids is 1. The smallest absolute Gasteiger partial charge is 0.413 e. The van der Waals surface area contributed by atoms with Crippen LogP contribution in [-0.4, -0.2) is 52.7 Å². The summed E-state index contributed by atoms with van der Waals surface area (Å²) in [5, 5.41) is 13.9. The summed E-state index contributed by atoms with van der Waals surface area (Å²) in [6, 6.07) is 16.3. The molecule has 1 aromatic heterocycles. The molecular formula is C26H23N3O5S. The molecule has 9 heteroatoms. The summed E-state index contributed by atoms with van der Waals surface area (Å²) in [7, 11) is 0. The highest BCUT2D eigenvalue weighted by Gasteiger charge is 2.60. The molecule has 2 atom stereocenters. The minimum atomic E-state index is -0.768. The number of rotatable bonds is 6. The van der Waals surface area contributed by atoms with Gasteiger partial charge in [-0.15, -0.1) is 11.3 Å². The van der Waals surface area contributed by atoms with E-state index in [2.05, 4.69) is 34.6 Å². The van der Waals surface area contributed by atoms with Gasteiger partial charge in [-0.05, 0) is 34.1 Å². The van der Waals surface area contributed by atoms with Crippen molar-refractivity contribution in [2.75, 3.05) is 25.0 Å². The maximum atomic E-state index is 12.6. The molecule has 1 saturated heterocycles. The second-order valence-electron chi connectivity index (χ2n) is 9.26. The van der Waals surface area contributed by atoms with E-state index >= 15 is 0 Å². The maximum Gasteiger partial charge on any atom is 0.413 e. The van der Waals surface area contributed by atoms with Gasteiger partial charge in [0.05, 0.1) is 18.0 Å². The third-order valence-electron chi connectivity index (χ3n) is 7.27. The van der Waals surface area contributed by atoms with E-state index in [1.54, 1.807) is 10.3 Å². The first-order chi connectivity index (χ1) is 17.0. The van der Waals surface area contributed by atoms with Crippen LogP contribution in [0.25, 0.3) is 11.1 Å². The Bertz CT molecular complexity index is 1280. The second kappa shape index (κ2) is 8.49. The Morgan fingerprint density at radius 2 is 1.66 bits per heavy atom. The summed E-state index contributed by atoms with van der Waals surface area (Å²) in [5.41, 5.74) is 5.20. The van der Waals surface area contributed by atoms with Crippen molar-refractivity contribution in [2.45, 2.75) is 12.3 Å². The minimum absolute atomic E-state index is 0.0231. The Balaban J connectivity index is 1.02. The highest BCUT2D eigenvalue weighted by Crippen LogP contribution is 2.51. The monoisotopic (exact) mass is 489 g/mol. The number of fused-ring (bicyclic) bond motifs is 4. The molecule has 0 spiro atoms. The number of nitrogens with one attached hydrogen (secondary N) is 1. The number of hydrogen-bond donors (Lipinski definition) is 2. The number of nitrogens with zero attached hydrogens (tertiary/aromatic N) is 2. The average molecular weight is 490 g/mol. The fourth-order valence-electron chi connectivity index (χ4n) is 5.53. The van der Waals surface area contributed by atoms with Gasteiger partial charge in [-0.25, -0.2) is 9.78 Å². The van der Waals surface area contributed by atoms with Crippen molar-refractivity contribution >= 4 is 34.4 Å². The molecule has 2 fully saturated rings. The predicted octanol–water partition coefficient (Wildman–Crippen LogP) is 3.84. The SMILES string of the molecule is O=C(Nc1nc(CC(=O)N2CC3C(C2)C3C(=O)O)cs1)OCC1c2ccccc2-c2ccccc21. The van der Waals surface area contributed by atoms with Crippen molar-refractivity contribution in [3.05, 3.63) is 70.7 Å². The summed E-state index contributed by atoms with van der Waals surface area (Å²) < 4.78 is 5.55. The van der Waals surface area contributed by atoms with E-state index in [4.69, 9.17) is 9.84 Å². The molecule has 2 aliphatic carbocycles. The number of benzene rings is 2. The van der Waals surface area contributed by atoms with Crippen LogP contribution < -0.4 is 5.32 Å². The molecule has 178 valence electrons. The van der Waals surface area contributed by atoms with Gasteiger partial charge >= 0.3 is 12.1 Å². The number of carbonyl (C=O) groups is 3. The first kappa shape index (κ1) is 21.8. The van der Waals surface area contributed by atoms with Crippen LogP contribution in [0.5, 0.6) is 0 Å². The lowest BCUT2D eigenvalue weighted by molar-refractivity contribution is -0.140. The number of likely N-dealkylation sites (tertiary alicyclic amines) is 1. The zero-order valence-electron chi connectivity index (χ0n) is 18.7. The van der Waals surface area contributed by atoms with Gasteiger partial charge in [-0.1, -0.05) is 48.5 Å². The normalized spacial score (nSPS) is 21.7. The summed E-state index contributed by atoms with van der Waals surface area (Å²) >= 11 is 1.24. The van der Waals surface area contributed by atoms with Crippen LogP contribution in [-0.2, 0) is 20.7 Å². The van der Waals surface area contributed by atoms with Crippen molar-refractivity contribution in [3.63, 3.8) is 0 Å². The van der Waals surface area contributed by atoms with Gasteiger partial charge in [0.1, 0.15) is 6.61 Å². The number of carboxylic acids is 1. The van der Waals surface area contributed by atoms with Crippen LogP contribution in [0.15, 0.2) is 53.9 Å². The number of hydrogen-bond acceptors (Lipinski definition) is 6. The van der Waals surface area contributed by atoms with E-state index < -0.39 is 12.1 Å². The molecule has 1 saturated carbocycles. The lowest BCUT2D eigenvalue weighted by Crippen LogP contribution is -2.33. The molecule has 1 aliphatic heterocycles. The van der Waals surface area contributed by atoms with Crippen LogP contribution in [0.3, 0.4) is 0 Å². The number of ether oxygens (including phenoxy) is 1. The van der Waals surface area contributed by atoms with E-state index in [1.165, 1.54) is 22.5 Å². The van der Waals surface area contributed by atoms with E-state index in [0.29, 0.717) is 23.9 Å². The van der Waals surface area contributed by atoms with Gasteiger partial charge in [-0.2, -0.15) is 0 Å². The van der Waals surface area contributed by atoms with Crippen LogP contribution in [0.2, 0.25) is 0 Å². The molecule has 3 aliphatic rings. The molecule has 35 heavy (non-hydrogen) atoms. The molecule has 8 nitrogen and oxygen atoms in total. The Labute approximate surface area is 205 Å². The second-order valence-corrected chi connectivity index (χ2v) is 10.1. The molecule has 3 aromatic rings. The topological polar surface area (TPSA) is 109 Å². The van der Waals surface area contributed by atoms with E-state index in [9.17, 15) is 14.4 Å². The molecule has 0 bridgehead atoms. The number of aromatic nitrogens is 1. The molecule has 0 radical (unpaired) electrons. The van der Waals surface area contributed by atoms with Gasteiger partial charge in [-0.3, -0.25) is 14.9 Å². The van der Waals surface area contributed by atoms with Gasteiger partial charge in [0.25, 0.3) is 0 Å². The van der Waals surface area contributed by atoms with E-state index in [1.807, 2.05) is 24.3 Å². The Morgan fingerprint density at radius 1 is 1.03 bits per heavy atom. The number of amides is 2. The Hall–Kier alpha value is -3.72. The van der Waals surface area contributed by atoms with Gasteiger partial charge in [0.15, 0.2) is 5.13 Å². The molecule has 2 unspecified atom stereocenters. The van der Waals surface area contributed by atoms with Crippen LogP contribution in [0.4, 0.5) is 9.93 Å². The fourth-order valence-corrected chi connectivity index (χ4v) is 6.23. The number of piperidine rings is 1. The zero-order valence-corrected chi connectivity index (χ0v) is 19.5. The number of carboxylic acid groups (broad SMARTS) is 1. The van der Waals surface area contributed by atoms with Crippen molar-refractivity contribution < 1.29 is 24.2 Å². The van der Waals surface area contributed by atoms with Crippen molar-refractivity contribution in [1.29, 1.82) is 0 Å². The first-order valence-electron chi connectivity index (χ1n) is 11.6. The van der Waals surface area contributed by atoms with Gasteiger partial charge in [0.2, 0.25) is 5.91 Å². The predicted molar refractivity (Wildman–Crippen MR) is 129 cm³/mol. The lowest BCUT2D eigenvalue weighted by Gasteiger charge is -2.18. The number of carbonyl (C=O) groups excluding carboxylic acids is 2. The van der Waals surface area contributed by atoms with Crippen LogP contribution in [0, 0.1) is 17.8 Å². The van der Waals surface area contributed by atoms with Crippen LogP contribution >= 0.6 is 11.3 Å². The Morgan fingerprint density at radius 3 is 2.29 bits per heavy atom. The van der Waals surface area contributed by atoms with Crippen molar-refractivity contribution in [3.8, 4) is 11.1 Å². The van der Waals surface area contributed by atoms with E-state index in [0.717, 1.165) is 11.1 Å². The molecule has 2 aromatic carbocycles. The number of anilines is 1. The third-order valence-corrected chi connectivity index (χ3v) is 8.08. The van der Waals surface area contributed by atoms with Gasteiger partial charge in [0, 0.05) is 24.4 Å². The first-order valence-corrected chi connectivity index (χ1v) is 12.4. The largest absolute Gasteiger partial charge is 0.481 e. The molecule has 2 amide bonds. The molecular weight excluding hydrogens is 466 g/mol. The molecule has 2 heterocycles. The van der Waals surface area contributed by atoms with Gasteiger partial charge < -0.3 is 14.7 Å². The standard InChI is InChI=1S/C26H23N3O5S/c30-22(29-10-19-20(11-29)23(19)24(31)32)9-14-13-35-25(27-14)28-26(33)34-12-21-17-7-3-1-5-15(17)16-6-2-4-8-18(16)21/h1-8,13,19-21,23H,9-12H2,(H,31,32)(H,27,28,33). The van der Waals surface area contributed by atoms with Crippen LogP contribution in [0.1, 0.15) is 22.7 Å². The quantitative estimate of drug-likeness (QED) is 0.545.